The molecule has 0 aliphatic carbocycles. The number of esters is 1. The molecule has 2 heterocycles. The second-order valence-corrected chi connectivity index (χ2v) is 5.01. The van der Waals surface area contributed by atoms with Crippen molar-refractivity contribution < 1.29 is 33.1 Å². The van der Waals surface area contributed by atoms with Crippen molar-refractivity contribution in [3.8, 4) is 17.4 Å². The maximum absolute atomic E-state index is 12.1. The molecular weight excluding hydrogens is 318 g/mol. The van der Waals surface area contributed by atoms with E-state index in [1.807, 2.05) is 0 Å². The minimum atomic E-state index is -0.679. The van der Waals surface area contributed by atoms with E-state index in [0.717, 1.165) is 0 Å². The molecule has 0 spiro atoms. The molecule has 1 aromatic heterocycles. The molecule has 0 saturated carbocycles. The zero-order chi connectivity index (χ0) is 16.9. The molecule has 1 aliphatic rings. The third-order valence-electron chi connectivity index (χ3n) is 3.17. The van der Waals surface area contributed by atoms with Crippen molar-refractivity contribution in [1.29, 1.82) is 0 Å². The lowest BCUT2D eigenvalue weighted by Crippen LogP contribution is -2.20. The van der Waals surface area contributed by atoms with Crippen LogP contribution in [0.5, 0.6) is 17.4 Å². The predicted molar refractivity (Wildman–Crippen MR) is 79.5 cm³/mol. The van der Waals surface area contributed by atoms with Gasteiger partial charge in [-0.15, -0.1) is 0 Å². The van der Waals surface area contributed by atoms with E-state index >= 15 is 0 Å². The van der Waals surface area contributed by atoms with Crippen molar-refractivity contribution in [3.63, 3.8) is 0 Å². The van der Waals surface area contributed by atoms with Crippen LogP contribution in [0.4, 0.5) is 0 Å². The van der Waals surface area contributed by atoms with E-state index < -0.39 is 5.97 Å². The topological polar surface area (TPSA) is 97.1 Å². The Hall–Kier alpha value is -3.03. The van der Waals surface area contributed by atoms with Crippen LogP contribution in [0.3, 0.4) is 0 Å². The molecule has 8 nitrogen and oxygen atoms in total. The van der Waals surface area contributed by atoms with Crippen LogP contribution in [0.1, 0.15) is 16.1 Å². The number of rotatable bonds is 6. The number of hydrogen-bond acceptors (Lipinski definition) is 8. The smallest absolute Gasteiger partial charge is 0.344 e. The summed E-state index contributed by atoms with van der Waals surface area (Å²) in [4.78, 5) is 23.7. The SMILES string of the molecule is Cc1cc(OCC(=O)OCC(=O)c2ccc3c(c2)OCCO3)no1. The first-order chi connectivity index (χ1) is 11.6. The number of Topliss-reactive ketones (excluding diaryl/α,β-unsaturated/α-hetero) is 1. The Kier molecular flexibility index (Phi) is 4.64. The van der Waals surface area contributed by atoms with Crippen molar-refractivity contribution >= 4 is 11.8 Å². The summed E-state index contributed by atoms with van der Waals surface area (Å²) in [5.74, 6) is 0.808. The molecule has 0 unspecified atom stereocenters. The molecule has 3 rings (SSSR count). The molecule has 1 aliphatic heterocycles. The Bertz CT molecular complexity index is 753. The first-order valence-electron chi connectivity index (χ1n) is 7.26. The van der Waals surface area contributed by atoms with Crippen molar-refractivity contribution in [1.82, 2.24) is 5.16 Å². The van der Waals surface area contributed by atoms with Crippen LogP contribution in [0.2, 0.25) is 0 Å². The molecule has 1 aromatic carbocycles. The number of carbonyl (C=O) groups excluding carboxylic acids is 2. The molecule has 8 heteroatoms. The highest BCUT2D eigenvalue weighted by atomic mass is 16.6. The number of hydrogen-bond donors (Lipinski definition) is 0. The molecule has 24 heavy (non-hydrogen) atoms. The maximum atomic E-state index is 12.1. The van der Waals surface area contributed by atoms with Crippen molar-refractivity contribution in [3.05, 3.63) is 35.6 Å². The Morgan fingerprint density at radius 2 is 1.92 bits per heavy atom. The van der Waals surface area contributed by atoms with Gasteiger partial charge in [-0.3, -0.25) is 4.79 Å². The van der Waals surface area contributed by atoms with Gasteiger partial charge >= 0.3 is 5.97 Å². The molecule has 0 atom stereocenters. The van der Waals surface area contributed by atoms with Gasteiger partial charge in [-0.2, -0.15) is 0 Å². The summed E-state index contributed by atoms with van der Waals surface area (Å²) in [5, 5.41) is 3.57. The fourth-order valence-electron chi connectivity index (χ4n) is 2.03. The van der Waals surface area contributed by atoms with Gasteiger partial charge in [-0.1, -0.05) is 0 Å². The van der Waals surface area contributed by atoms with E-state index in [1.54, 1.807) is 25.1 Å². The Labute approximate surface area is 137 Å². The van der Waals surface area contributed by atoms with Gasteiger partial charge in [0.15, 0.2) is 30.5 Å². The lowest BCUT2D eigenvalue weighted by Gasteiger charge is -2.18. The summed E-state index contributed by atoms with van der Waals surface area (Å²) < 4.78 is 25.5. The van der Waals surface area contributed by atoms with Crippen molar-refractivity contribution in [2.75, 3.05) is 26.4 Å². The van der Waals surface area contributed by atoms with E-state index in [4.69, 9.17) is 23.5 Å². The van der Waals surface area contributed by atoms with E-state index in [1.165, 1.54) is 6.07 Å². The number of nitrogens with zero attached hydrogens (tertiary/aromatic N) is 1. The molecule has 0 fully saturated rings. The van der Waals surface area contributed by atoms with Crippen LogP contribution in [-0.4, -0.2) is 43.3 Å². The fraction of sp³-hybridized carbons (Fsp3) is 0.312. The van der Waals surface area contributed by atoms with Gasteiger partial charge in [0.25, 0.3) is 5.88 Å². The van der Waals surface area contributed by atoms with Crippen LogP contribution in [-0.2, 0) is 9.53 Å². The summed E-state index contributed by atoms with van der Waals surface area (Å²) in [7, 11) is 0. The molecule has 0 N–H and O–H groups in total. The van der Waals surface area contributed by atoms with Crippen LogP contribution in [0, 0.1) is 6.92 Å². The van der Waals surface area contributed by atoms with E-state index in [2.05, 4.69) is 5.16 Å². The van der Waals surface area contributed by atoms with Gasteiger partial charge in [0, 0.05) is 11.6 Å². The first kappa shape index (κ1) is 15.9. The standard InChI is InChI=1S/C16H15NO7/c1-10-6-15(17-24-10)22-9-16(19)23-8-12(18)11-2-3-13-14(7-11)21-5-4-20-13/h2-3,6-7H,4-5,8-9H2,1H3. The zero-order valence-electron chi connectivity index (χ0n) is 12.9. The maximum Gasteiger partial charge on any atom is 0.344 e. The highest BCUT2D eigenvalue weighted by Crippen LogP contribution is 2.30. The van der Waals surface area contributed by atoms with Crippen LogP contribution in [0.15, 0.2) is 28.8 Å². The van der Waals surface area contributed by atoms with Gasteiger partial charge in [-0.05, 0) is 30.3 Å². The van der Waals surface area contributed by atoms with E-state index in [-0.39, 0.29) is 24.9 Å². The van der Waals surface area contributed by atoms with Gasteiger partial charge in [0.05, 0.1) is 0 Å². The second kappa shape index (κ2) is 7.03. The third kappa shape index (κ3) is 3.83. The molecule has 126 valence electrons. The largest absolute Gasteiger partial charge is 0.486 e. The third-order valence-corrected chi connectivity index (χ3v) is 3.17. The summed E-state index contributed by atoms with van der Waals surface area (Å²) in [6.45, 7) is 1.85. The minimum Gasteiger partial charge on any atom is -0.486 e. The lowest BCUT2D eigenvalue weighted by molar-refractivity contribution is -0.144. The normalized spacial score (nSPS) is 12.5. The molecular formula is C16H15NO7. The molecule has 0 amide bonds. The molecule has 0 saturated heterocycles. The van der Waals surface area contributed by atoms with E-state index in [0.29, 0.717) is 36.0 Å². The second-order valence-electron chi connectivity index (χ2n) is 5.01. The highest BCUT2D eigenvalue weighted by molar-refractivity contribution is 5.98. The number of aryl methyl sites for hydroxylation is 1. The number of fused-ring (bicyclic) bond motifs is 1. The van der Waals surface area contributed by atoms with Gasteiger partial charge in [0.2, 0.25) is 0 Å². The Morgan fingerprint density at radius 3 is 2.67 bits per heavy atom. The molecule has 0 radical (unpaired) electrons. The Balaban J connectivity index is 1.49. The summed E-state index contributed by atoms with van der Waals surface area (Å²) in [5.41, 5.74) is 0.375. The average molecular weight is 333 g/mol. The highest BCUT2D eigenvalue weighted by Gasteiger charge is 2.16. The van der Waals surface area contributed by atoms with E-state index in [9.17, 15) is 9.59 Å². The Morgan fingerprint density at radius 1 is 1.12 bits per heavy atom. The summed E-state index contributed by atoms with van der Waals surface area (Å²) in [6.07, 6.45) is 0. The quantitative estimate of drug-likeness (QED) is 0.580. The van der Waals surface area contributed by atoms with Crippen LogP contribution >= 0.6 is 0 Å². The number of ketones is 1. The van der Waals surface area contributed by atoms with Gasteiger partial charge in [0.1, 0.15) is 19.0 Å². The average Bonchev–Trinajstić information content (AvgIpc) is 3.02. The van der Waals surface area contributed by atoms with Crippen LogP contribution in [0.25, 0.3) is 0 Å². The number of benzene rings is 1. The summed E-state index contributed by atoms with van der Waals surface area (Å²) in [6, 6.07) is 6.35. The van der Waals surface area contributed by atoms with Crippen molar-refractivity contribution in [2.24, 2.45) is 0 Å². The zero-order valence-corrected chi connectivity index (χ0v) is 12.9. The van der Waals surface area contributed by atoms with Gasteiger partial charge < -0.3 is 23.5 Å². The number of ether oxygens (including phenoxy) is 4. The van der Waals surface area contributed by atoms with Gasteiger partial charge in [-0.25, -0.2) is 4.79 Å². The lowest BCUT2D eigenvalue weighted by atomic mass is 10.1. The van der Waals surface area contributed by atoms with Crippen molar-refractivity contribution in [2.45, 2.75) is 6.92 Å². The van der Waals surface area contributed by atoms with Crippen LogP contribution < -0.4 is 14.2 Å². The monoisotopic (exact) mass is 333 g/mol. The fourth-order valence-corrected chi connectivity index (χ4v) is 2.03. The first-order valence-corrected chi connectivity index (χ1v) is 7.26. The minimum absolute atomic E-state index is 0.183. The summed E-state index contributed by atoms with van der Waals surface area (Å²) >= 11 is 0. The number of carbonyl (C=O) groups is 2. The predicted octanol–water partition coefficient (Wildman–Crippen LogP) is 1.56. The molecule has 0 bridgehead atoms. The number of aromatic nitrogens is 1. The molecule has 2 aromatic rings.